The van der Waals surface area contributed by atoms with Crippen LogP contribution in [-0.2, 0) is 0 Å². The number of rotatable bonds is 0. The van der Waals surface area contributed by atoms with Crippen LogP contribution in [-0.4, -0.2) is 12.8 Å². The van der Waals surface area contributed by atoms with Crippen molar-refractivity contribution in [2.75, 3.05) is 6.54 Å². The third-order valence-electron chi connectivity index (χ3n) is 2.00. The maximum Gasteiger partial charge on any atom is 0.218 e. The summed E-state index contributed by atoms with van der Waals surface area (Å²) in [6.07, 6.45) is 6.33. The summed E-state index contributed by atoms with van der Waals surface area (Å²) in [5, 5.41) is 0. The zero-order chi connectivity index (χ0) is 4.74. The van der Waals surface area contributed by atoms with E-state index in [1.165, 1.54) is 19.3 Å². The van der Waals surface area contributed by atoms with Crippen molar-refractivity contribution in [3.8, 4) is 0 Å². The largest absolute Gasteiger partial charge is 0.218 e. The summed E-state index contributed by atoms with van der Waals surface area (Å²) in [4.78, 5) is 4.17. The average molecular weight is 95.1 g/mol. The van der Waals surface area contributed by atoms with Gasteiger partial charge in [-0.1, -0.05) is 0 Å². The molecule has 1 saturated carbocycles. The molecule has 0 bridgehead atoms. The van der Waals surface area contributed by atoms with Crippen LogP contribution in [0.2, 0.25) is 0 Å². The van der Waals surface area contributed by atoms with Gasteiger partial charge in [0.15, 0.2) is 0 Å². The lowest BCUT2D eigenvalue weighted by molar-refractivity contribution is 0.685. The Labute approximate surface area is 43.4 Å². The van der Waals surface area contributed by atoms with Crippen molar-refractivity contribution in [1.29, 1.82) is 0 Å². The number of nitrogens with zero attached hydrogens (tertiary/aromatic N) is 1. The Morgan fingerprint density at radius 2 is 2.14 bits per heavy atom. The second-order valence-corrected chi connectivity index (χ2v) is 2.65. The highest BCUT2D eigenvalue weighted by atomic mass is 14.8. The molecule has 2 aliphatic rings. The van der Waals surface area contributed by atoms with Crippen LogP contribution in [0.1, 0.15) is 19.3 Å². The van der Waals surface area contributed by atoms with Crippen LogP contribution < -0.4 is 4.99 Å². The first-order valence-electron chi connectivity index (χ1n) is 2.92. The van der Waals surface area contributed by atoms with E-state index in [4.69, 9.17) is 0 Å². The molecule has 0 aromatic heterocycles. The van der Waals surface area contributed by atoms with Gasteiger partial charge in [-0.25, -0.2) is 0 Å². The molecule has 0 aromatic carbocycles. The first kappa shape index (κ1) is 3.65. The Kier molecular flexibility index (Phi) is 0.473. The average Bonchev–Trinajstić information content (AvgIpc) is 2.15. The summed E-state index contributed by atoms with van der Waals surface area (Å²) >= 11 is 0. The Morgan fingerprint density at radius 3 is 2.43 bits per heavy atom. The maximum absolute atomic E-state index is 4.17. The van der Waals surface area contributed by atoms with E-state index in [2.05, 4.69) is 11.2 Å². The van der Waals surface area contributed by atoms with Gasteiger partial charge in [0, 0.05) is 11.4 Å². The molecular formula is C6H9N+. The third kappa shape index (κ3) is 0.409. The highest BCUT2D eigenvalue weighted by Gasteiger charge is 2.48. The van der Waals surface area contributed by atoms with E-state index in [1.807, 2.05) is 0 Å². The summed E-state index contributed by atoms with van der Waals surface area (Å²) in [6, 6.07) is 0. The highest BCUT2D eigenvalue weighted by Crippen LogP contribution is 2.47. The van der Waals surface area contributed by atoms with E-state index in [-0.39, 0.29) is 0 Å². The zero-order valence-electron chi connectivity index (χ0n) is 4.35. The Balaban J connectivity index is 2.22. The minimum Gasteiger partial charge on any atom is -0.0367 e. The topological polar surface area (TPSA) is 14.1 Å². The zero-order valence-corrected chi connectivity index (χ0v) is 4.35. The molecule has 0 amide bonds. The maximum atomic E-state index is 4.17. The Morgan fingerprint density at radius 1 is 1.29 bits per heavy atom. The van der Waals surface area contributed by atoms with Crippen molar-refractivity contribution < 1.29 is 0 Å². The van der Waals surface area contributed by atoms with E-state index < -0.39 is 0 Å². The van der Waals surface area contributed by atoms with Gasteiger partial charge in [-0.2, -0.15) is 0 Å². The molecule has 1 spiro atoms. The van der Waals surface area contributed by atoms with E-state index in [1.54, 1.807) is 0 Å². The summed E-state index contributed by atoms with van der Waals surface area (Å²) in [5.74, 6) is 0. The van der Waals surface area contributed by atoms with Crippen LogP contribution in [0.3, 0.4) is 0 Å². The normalized spacial score (nSPS) is 32.0. The van der Waals surface area contributed by atoms with Crippen LogP contribution in [0.25, 0.3) is 0 Å². The monoisotopic (exact) mass is 95.1 g/mol. The summed E-state index contributed by atoms with van der Waals surface area (Å²) in [7, 11) is 0. The molecular weight excluding hydrogens is 86.1 g/mol. The predicted octanol–water partition coefficient (Wildman–Crippen LogP) is 0.577. The van der Waals surface area contributed by atoms with Crippen LogP contribution >= 0.6 is 0 Å². The second-order valence-electron chi connectivity index (χ2n) is 2.65. The molecule has 0 saturated heterocycles. The molecule has 0 atom stereocenters. The van der Waals surface area contributed by atoms with Crippen molar-refractivity contribution in [2.24, 2.45) is 5.41 Å². The molecule has 1 aliphatic heterocycles. The van der Waals surface area contributed by atoms with Crippen molar-refractivity contribution >= 4 is 6.21 Å². The summed E-state index contributed by atoms with van der Waals surface area (Å²) in [6.45, 7) is 1.10. The van der Waals surface area contributed by atoms with Gasteiger partial charge in [0.05, 0.1) is 5.41 Å². The van der Waals surface area contributed by atoms with Crippen LogP contribution in [0.15, 0.2) is 0 Å². The Hall–Kier alpha value is -0.330. The van der Waals surface area contributed by atoms with Gasteiger partial charge in [0.25, 0.3) is 0 Å². The molecule has 1 aliphatic carbocycles. The van der Waals surface area contributed by atoms with Crippen molar-refractivity contribution in [3.05, 3.63) is 0 Å². The standard InChI is InChI=1S/C6H9N/c1-2-6(1)3-4-7-5-6/h5H,1-4H2/q+1. The van der Waals surface area contributed by atoms with Crippen LogP contribution in [0, 0.1) is 5.41 Å². The molecule has 37 valence electrons. The number of hydrogen-bond donors (Lipinski definition) is 0. The van der Waals surface area contributed by atoms with Crippen LogP contribution in [0.5, 0.6) is 0 Å². The molecule has 1 heterocycles. The van der Waals surface area contributed by atoms with Gasteiger partial charge < -0.3 is 0 Å². The van der Waals surface area contributed by atoms with Crippen molar-refractivity contribution in [3.63, 3.8) is 0 Å². The van der Waals surface area contributed by atoms with Gasteiger partial charge in [-0.15, -0.1) is 0 Å². The minimum atomic E-state index is 0.653. The molecule has 1 radical (unpaired) electrons. The molecule has 2 rings (SSSR count). The van der Waals surface area contributed by atoms with Gasteiger partial charge in [-0.3, -0.25) is 0 Å². The van der Waals surface area contributed by atoms with Crippen molar-refractivity contribution in [1.82, 2.24) is 4.99 Å². The quantitative estimate of drug-likeness (QED) is 0.418. The summed E-state index contributed by atoms with van der Waals surface area (Å²) < 4.78 is 0. The fourth-order valence-electron chi connectivity index (χ4n) is 1.15. The molecule has 0 unspecified atom stereocenters. The minimum absolute atomic E-state index is 0.653. The summed E-state index contributed by atoms with van der Waals surface area (Å²) in [5.41, 5.74) is 0.653. The van der Waals surface area contributed by atoms with Gasteiger partial charge in [0.2, 0.25) is 12.8 Å². The molecule has 7 heavy (non-hydrogen) atoms. The first-order valence-corrected chi connectivity index (χ1v) is 2.92. The molecule has 1 fully saturated rings. The SMILES string of the molecule is C1=[N+]CCC12CC2. The van der Waals surface area contributed by atoms with E-state index in [9.17, 15) is 0 Å². The first-order chi connectivity index (χ1) is 3.41. The van der Waals surface area contributed by atoms with Gasteiger partial charge in [-0.05, 0) is 12.8 Å². The molecule has 0 aromatic rings. The lowest BCUT2D eigenvalue weighted by Crippen LogP contribution is -1.93. The fraction of sp³-hybridized carbons (Fsp3) is 0.833. The smallest absolute Gasteiger partial charge is 0.0367 e. The third-order valence-corrected chi connectivity index (χ3v) is 2.00. The Bertz CT molecular complexity index is 111. The van der Waals surface area contributed by atoms with Gasteiger partial charge >= 0.3 is 0 Å². The van der Waals surface area contributed by atoms with E-state index in [0.29, 0.717) is 5.41 Å². The van der Waals surface area contributed by atoms with Crippen molar-refractivity contribution in [2.45, 2.75) is 19.3 Å². The predicted molar refractivity (Wildman–Crippen MR) is 29.3 cm³/mol. The second kappa shape index (κ2) is 0.908. The lowest BCUT2D eigenvalue weighted by Gasteiger charge is -1.85. The van der Waals surface area contributed by atoms with Gasteiger partial charge in [0.1, 0.15) is 0 Å². The number of aliphatic imine (C=N–C) groups is 1. The number of hydrogen-bond acceptors (Lipinski definition) is 1. The van der Waals surface area contributed by atoms with E-state index in [0.717, 1.165) is 6.54 Å². The molecule has 1 heteroatoms. The lowest BCUT2D eigenvalue weighted by atomic mass is 10.1. The van der Waals surface area contributed by atoms with Crippen LogP contribution in [0.4, 0.5) is 0 Å². The molecule has 1 nitrogen and oxygen atoms in total. The van der Waals surface area contributed by atoms with E-state index >= 15 is 0 Å². The highest BCUT2D eigenvalue weighted by molar-refractivity contribution is 5.70. The fourth-order valence-corrected chi connectivity index (χ4v) is 1.15. The molecule has 0 N–H and O–H groups in total.